The van der Waals surface area contributed by atoms with Crippen LogP contribution in [0.25, 0.3) is 28.3 Å². The van der Waals surface area contributed by atoms with Gasteiger partial charge in [-0.3, -0.25) is 0 Å². The Morgan fingerprint density at radius 3 is 1.88 bits per heavy atom. The van der Waals surface area contributed by atoms with Crippen LogP contribution in [0.4, 0.5) is 26.3 Å². The zero-order valence-corrected chi connectivity index (χ0v) is 17.4. The Labute approximate surface area is 183 Å². The van der Waals surface area contributed by atoms with Crippen molar-refractivity contribution in [2.45, 2.75) is 38.8 Å². The zero-order chi connectivity index (χ0) is 23.3. The van der Waals surface area contributed by atoms with Gasteiger partial charge in [0, 0.05) is 11.6 Å². The summed E-state index contributed by atoms with van der Waals surface area (Å²) in [6.45, 7) is 2.13. The second-order valence-electron chi connectivity index (χ2n) is 7.58. The molecule has 3 aromatic carbocycles. The van der Waals surface area contributed by atoms with Gasteiger partial charge in [-0.2, -0.15) is 13.2 Å². The second kappa shape index (κ2) is 10.1. The molecule has 0 bridgehead atoms. The lowest BCUT2D eigenvalue weighted by Crippen LogP contribution is -2.00. The molecule has 32 heavy (non-hydrogen) atoms. The summed E-state index contributed by atoms with van der Waals surface area (Å²) >= 11 is 0. The number of hydrogen-bond donors (Lipinski definition) is 0. The summed E-state index contributed by atoms with van der Waals surface area (Å²) < 4.78 is 80.6. The number of rotatable bonds is 7. The summed E-state index contributed by atoms with van der Waals surface area (Å²) in [7, 11) is 0. The molecule has 0 amide bonds. The molecule has 168 valence electrons. The van der Waals surface area contributed by atoms with Gasteiger partial charge in [-0.05, 0) is 59.4 Å². The van der Waals surface area contributed by atoms with Gasteiger partial charge in [0.15, 0.2) is 0 Å². The van der Waals surface area contributed by atoms with Gasteiger partial charge in [-0.25, -0.2) is 13.2 Å². The van der Waals surface area contributed by atoms with Gasteiger partial charge in [0.05, 0.1) is 5.56 Å². The van der Waals surface area contributed by atoms with E-state index in [0.29, 0.717) is 17.2 Å². The van der Waals surface area contributed by atoms with Crippen molar-refractivity contribution in [3.05, 3.63) is 89.3 Å². The number of allylic oxidation sites excluding steroid dienone is 1. The normalized spacial score (nSPS) is 12.0. The molecule has 0 radical (unpaired) electrons. The van der Waals surface area contributed by atoms with Crippen molar-refractivity contribution in [3.8, 4) is 22.3 Å². The molecule has 0 nitrogen and oxygen atoms in total. The van der Waals surface area contributed by atoms with Crippen molar-refractivity contribution in [2.24, 2.45) is 0 Å². The van der Waals surface area contributed by atoms with Gasteiger partial charge < -0.3 is 0 Å². The SMILES string of the molecule is CCCCCc1ccc(-c2cc(F)c(-c3ccc(/C=C/C(F)(F)F)c(F)c3)c(F)c2)cc1. The fourth-order valence-electron chi connectivity index (χ4n) is 3.46. The standard InChI is InChI=1S/C26H22F6/c1-2-3-4-5-17-6-8-18(9-7-17)21-15-23(28)25(24(29)16-21)20-11-10-19(22(27)14-20)12-13-26(30,31)32/h6-16H,2-5H2,1H3/b13-12+. The summed E-state index contributed by atoms with van der Waals surface area (Å²) in [5, 5.41) is 0. The molecule has 0 aliphatic carbocycles. The van der Waals surface area contributed by atoms with Crippen LogP contribution >= 0.6 is 0 Å². The number of hydrogen-bond acceptors (Lipinski definition) is 0. The maximum Gasteiger partial charge on any atom is 0.409 e. The lowest BCUT2D eigenvalue weighted by atomic mass is 9.97. The Morgan fingerprint density at radius 2 is 1.31 bits per heavy atom. The molecule has 6 heteroatoms. The van der Waals surface area contributed by atoms with Crippen molar-refractivity contribution in [1.82, 2.24) is 0 Å². The second-order valence-corrected chi connectivity index (χ2v) is 7.58. The minimum Gasteiger partial charge on any atom is -0.206 e. The monoisotopic (exact) mass is 448 g/mol. The first kappa shape index (κ1) is 23.6. The molecule has 3 rings (SSSR count). The highest BCUT2D eigenvalue weighted by Crippen LogP contribution is 2.32. The summed E-state index contributed by atoms with van der Waals surface area (Å²) in [6.07, 6.45) is 0.161. The van der Waals surface area contributed by atoms with E-state index in [9.17, 15) is 26.3 Å². The van der Waals surface area contributed by atoms with Crippen LogP contribution in [0.15, 0.2) is 60.7 Å². The van der Waals surface area contributed by atoms with E-state index < -0.39 is 29.2 Å². The van der Waals surface area contributed by atoms with Gasteiger partial charge in [0.2, 0.25) is 0 Å². The molecule has 0 spiro atoms. The van der Waals surface area contributed by atoms with Gasteiger partial charge >= 0.3 is 6.18 Å². The summed E-state index contributed by atoms with van der Waals surface area (Å²) in [4.78, 5) is 0. The van der Waals surface area contributed by atoms with Crippen LogP contribution in [0.2, 0.25) is 0 Å². The number of alkyl halides is 3. The van der Waals surface area contributed by atoms with Gasteiger partial charge in [0.25, 0.3) is 0 Å². The molecule has 0 aliphatic heterocycles. The van der Waals surface area contributed by atoms with E-state index in [-0.39, 0.29) is 17.2 Å². The molecule has 0 aromatic heterocycles. The van der Waals surface area contributed by atoms with E-state index in [1.54, 1.807) is 12.1 Å². The molecule has 0 atom stereocenters. The van der Waals surface area contributed by atoms with Crippen LogP contribution in [-0.2, 0) is 6.42 Å². The van der Waals surface area contributed by atoms with Crippen LogP contribution in [0.1, 0.15) is 37.3 Å². The Morgan fingerprint density at radius 1 is 0.719 bits per heavy atom. The summed E-state index contributed by atoms with van der Waals surface area (Å²) in [5.41, 5.74) is 1.27. The predicted octanol–water partition coefficient (Wildman–Crippen LogP) is 8.75. The highest BCUT2D eigenvalue weighted by molar-refractivity contribution is 5.72. The smallest absolute Gasteiger partial charge is 0.206 e. The number of benzene rings is 3. The largest absolute Gasteiger partial charge is 0.409 e. The van der Waals surface area contributed by atoms with Crippen LogP contribution < -0.4 is 0 Å². The predicted molar refractivity (Wildman–Crippen MR) is 116 cm³/mol. The average molecular weight is 448 g/mol. The lowest BCUT2D eigenvalue weighted by molar-refractivity contribution is -0.0790. The topological polar surface area (TPSA) is 0 Å². The fraction of sp³-hybridized carbons (Fsp3) is 0.231. The molecule has 0 saturated carbocycles. The Hall–Kier alpha value is -3.02. The first-order valence-electron chi connectivity index (χ1n) is 10.3. The Kier molecular flexibility index (Phi) is 7.44. The van der Waals surface area contributed by atoms with E-state index in [2.05, 4.69) is 6.92 Å². The van der Waals surface area contributed by atoms with Crippen LogP contribution in [0.3, 0.4) is 0 Å². The molecular formula is C26H22F6. The minimum absolute atomic E-state index is 0.0977. The summed E-state index contributed by atoms with van der Waals surface area (Å²) in [5.74, 6) is -2.78. The molecule has 0 heterocycles. The van der Waals surface area contributed by atoms with Crippen molar-refractivity contribution < 1.29 is 26.3 Å². The maximum absolute atomic E-state index is 14.8. The number of halogens is 6. The molecular weight excluding hydrogens is 426 g/mol. The van der Waals surface area contributed by atoms with E-state index in [0.717, 1.165) is 43.4 Å². The quantitative estimate of drug-likeness (QED) is 0.250. The summed E-state index contributed by atoms with van der Waals surface area (Å²) in [6, 6.07) is 12.9. The maximum atomic E-state index is 14.8. The Bertz CT molecular complexity index is 1070. The third kappa shape index (κ3) is 6.02. The highest BCUT2D eigenvalue weighted by atomic mass is 19.4. The van der Waals surface area contributed by atoms with Crippen LogP contribution in [0, 0.1) is 17.5 Å². The number of aryl methyl sites for hydroxylation is 1. The van der Waals surface area contributed by atoms with Crippen LogP contribution in [0.5, 0.6) is 0 Å². The van der Waals surface area contributed by atoms with Crippen molar-refractivity contribution in [3.63, 3.8) is 0 Å². The van der Waals surface area contributed by atoms with Gasteiger partial charge in [-0.15, -0.1) is 0 Å². The molecule has 0 saturated heterocycles. The molecule has 3 aromatic rings. The third-order valence-electron chi connectivity index (χ3n) is 5.14. The highest BCUT2D eigenvalue weighted by Gasteiger charge is 2.22. The Balaban J connectivity index is 1.86. The van der Waals surface area contributed by atoms with Crippen molar-refractivity contribution >= 4 is 6.08 Å². The fourth-order valence-corrected chi connectivity index (χ4v) is 3.46. The third-order valence-corrected chi connectivity index (χ3v) is 5.14. The first-order chi connectivity index (χ1) is 15.2. The number of unbranched alkanes of at least 4 members (excludes halogenated alkanes) is 2. The van der Waals surface area contributed by atoms with E-state index in [4.69, 9.17) is 0 Å². The first-order valence-corrected chi connectivity index (χ1v) is 10.3. The van der Waals surface area contributed by atoms with Gasteiger partial charge in [-0.1, -0.05) is 56.2 Å². The van der Waals surface area contributed by atoms with E-state index >= 15 is 0 Å². The molecule has 0 unspecified atom stereocenters. The zero-order valence-electron chi connectivity index (χ0n) is 17.4. The van der Waals surface area contributed by atoms with Gasteiger partial charge in [0.1, 0.15) is 17.5 Å². The lowest BCUT2D eigenvalue weighted by Gasteiger charge is -2.10. The van der Waals surface area contributed by atoms with E-state index in [1.807, 2.05) is 12.1 Å². The van der Waals surface area contributed by atoms with Crippen molar-refractivity contribution in [2.75, 3.05) is 0 Å². The average Bonchev–Trinajstić information content (AvgIpc) is 2.72. The van der Waals surface area contributed by atoms with E-state index in [1.165, 1.54) is 18.2 Å². The molecule has 0 fully saturated rings. The molecule has 0 aliphatic rings. The van der Waals surface area contributed by atoms with Crippen LogP contribution in [-0.4, -0.2) is 6.18 Å². The minimum atomic E-state index is -4.59. The molecule has 0 N–H and O–H groups in total. The van der Waals surface area contributed by atoms with Crippen molar-refractivity contribution in [1.29, 1.82) is 0 Å².